The fourth-order valence-electron chi connectivity index (χ4n) is 2.56. The van der Waals surface area contributed by atoms with Crippen LogP contribution in [0.25, 0.3) is 0 Å². The molecule has 1 aromatic heterocycles. The van der Waals surface area contributed by atoms with E-state index in [4.69, 9.17) is 0 Å². The summed E-state index contributed by atoms with van der Waals surface area (Å²) in [5.41, 5.74) is 1.30. The molecule has 0 spiro atoms. The molecule has 96 valence electrons. The average Bonchev–Trinajstić information content (AvgIpc) is 2.53. The zero-order chi connectivity index (χ0) is 12.1. The Hall–Kier alpha value is -0.870. The van der Waals surface area contributed by atoms with E-state index in [0.717, 1.165) is 13.1 Å². The van der Waals surface area contributed by atoms with Crippen LogP contribution in [0.5, 0.6) is 0 Å². The van der Waals surface area contributed by atoms with Crippen molar-refractivity contribution in [3.63, 3.8) is 0 Å². The van der Waals surface area contributed by atoms with Crippen LogP contribution in [-0.4, -0.2) is 40.9 Å². The number of aryl methyl sites for hydroxylation is 1. The summed E-state index contributed by atoms with van der Waals surface area (Å²) in [6.45, 7) is 3.31. The Balaban J connectivity index is 1.77. The van der Waals surface area contributed by atoms with E-state index in [0.29, 0.717) is 6.04 Å². The van der Waals surface area contributed by atoms with Crippen LogP contribution >= 0.6 is 0 Å². The zero-order valence-electron chi connectivity index (χ0n) is 11.0. The minimum absolute atomic E-state index is 0.666. The molecule has 1 N–H and O–H groups in total. The number of hydrogen-bond acceptors (Lipinski definition) is 3. The summed E-state index contributed by atoms with van der Waals surface area (Å²) < 4.78 is 1.87. The molecule has 0 aromatic carbocycles. The third kappa shape index (κ3) is 4.13. The molecule has 4 heteroatoms. The van der Waals surface area contributed by atoms with Crippen LogP contribution in [0.3, 0.4) is 0 Å². The maximum Gasteiger partial charge on any atom is 0.0534 e. The van der Waals surface area contributed by atoms with Crippen molar-refractivity contribution >= 4 is 0 Å². The molecule has 1 fully saturated rings. The Kier molecular flexibility index (Phi) is 4.57. The van der Waals surface area contributed by atoms with Gasteiger partial charge in [0.2, 0.25) is 0 Å². The first-order valence-corrected chi connectivity index (χ1v) is 6.63. The van der Waals surface area contributed by atoms with Crippen molar-refractivity contribution < 1.29 is 0 Å². The third-order valence-corrected chi connectivity index (χ3v) is 3.41. The highest BCUT2D eigenvalue weighted by molar-refractivity contribution is 5.03. The van der Waals surface area contributed by atoms with E-state index in [2.05, 4.69) is 28.6 Å². The van der Waals surface area contributed by atoms with Crippen LogP contribution in [0.2, 0.25) is 0 Å². The van der Waals surface area contributed by atoms with E-state index in [9.17, 15) is 0 Å². The molecule has 17 heavy (non-hydrogen) atoms. The van der Waals surface area contributed by atoms with Gasteiger partial charge in [-0.2, -0.15) is 5.10 Å². The van der Waals surface area contributed by atoms with E-state index in [-0.39, 0.29) is 0 Å². The molecular formula is C13H24N4. The quantitative estimate of drug-likeness (QED) is 0.857. The lowest BCUT2D eigenvalue weighted by Gasteiger charge is -2.23. The molecule has 1 saturated heterocycles. The predicted octanol–water partition coefficient (Wildman–Crippen LogP) is 1.38. The second-order valence-electron chi connectivity index (χ2n) is 5.22. The topological polar surface area (TPSA) is 33.1 Å². The molecule has 1 unspecified atom stereocenters. The van der Waals surface area contributed by atoms with Crippen molar-refractivity contribution in [1.82, 2.24) is 20.0 Å². The number of aromatic nitrogens is 2. The second kappa shape index (κ2) is 6.17. The molecule has 1 atom stereocenters. The summed E-state index contributed by atoms with van der Waals surface area (Å²) in [4.78, 5) is 2.39. The molecular weight excluding hydrogens is 212 g/mol. The lowest BCUT2D eigenvalue weighted by molar-refractivity contribution is 0.278. The maximum absolute atomic E-state index is 4.21. The van der Waals surface area contributed by atoms with Gasteiger partial charge in [0.25, 0.3) is 0 Å². The summed E-state index contributed by atoms with van der Waals surface area (Å²) in [6.07, 6.45) is 9.46. The van der Waals surface area contributed by atoms with Gasteiger partial charge in [-0.05, 0) is 26.4 Å². The van der Waals surface area contributed by atoms with Crippen molar-refractivity contribution in [1.29, 1.82) is 0 Å². The maximum atomic E-state index is 4.21. The van der Waals surface area contributed by atoms with Crippen molar-refractivity contribution in [2.45, 2.75) is 38.3 Å². The molecule has 0 amide bonds. The summed E-state index contributed by atoms with van der Waals surface area (Å²) in [5, 5.41) is 7.85. The Bertz CT molecular complexity index is 326. The van der Waals surface area contributed by atoms with Crippen molar-refractivity contribution in [2.24, 2.45) is 7.05 Å². The van der Waals surface area contributed by atoms with Crippen molar-refractivity contribution in [3.8, 4) is 0 Å². The third-order valence-electron chi connectivity index (χ3n) is 3.41. The van der Waals surface area contributed by atoms with Gasteiger partial charge in [0.05, 0.1) is 6.20 Å². The van der Waals surface area contributed by atoms with Crippen molar-refractivity contribution in [2.75, 3.05) is 20.1 Å². The fraction of sp³-hybridized carbons (Fsp3) is 0.769. The average molecular weight is 236 g/mol. The number of likely N-dealkylation sites (N-methyl/N-ethyl adjacent to an activating group) is 1. The number of nitrogens with one attached hydrogen (secondary N) is 1. The van der Waals surface area contributed by atoms with Crippen LogP contribution in [0.1, 0.15) is 31.2 Å². The summed E-state index contributed by atoms with van der Waals surface area (Å²) in [7, 11) is 4.16. The normalized spacial score (nSPS) is 21.7. The first-order valence-electron chi connectivity index (χ1n) is 6.63. The minimum atomic E-state index is 0.666. The summed E-state index contributed by atoms with van der Waals surface area (Å²) in [6, 6.07) is 0.666. The largest absolute Gasteiger partial charge is 0.313 e. The van der Waals surface area contributed by atoms with Crippen LogP contribution < -0.4 is 5.32 Å². The van der Waals surface area contributed by atoms with Crippen molar-refractivity contribution in [3.05, 3.63) is 18.0 Å². The molecule has 0 bridgehead atoms. The fourth-order valence-corrected chi connectivity index (χ4v) is 2.56. The van der Waals surface area contributed by atoms with Gasteiger partial charge in [0, 0.05) is 37.9 Å². The molecule has 0 radical (unpaired) electrons. The number of nitrogens with zero attached hydrogens (tertiary/aromatic N) is 3. The smallest absolute Gasteiger partial charge is 0.0534 e. The molecule has 2 rings (SSSR count). The monoisotopic (exact) mass is 236 g/mol. The van der Waals surface area contributed by atoms with Gasteiger partial charge < -0.3 is 10.2 Å². The Labute approximate surface area is 104 Å². The highest BCUT2D eigenvalue weighted by Crippen LogP contribution is 2.10. The number of rotatable bonds is 4. The van der Waals surface area contributed by atoms with E-state index < -0.39 is 0 Å². The SMILES string of the molecule is CN(Cc1cnn(C)c1)CC1CCCCCN1. The first kappa shape index (κ1) is 12.6. The highest BCUT2D eigenvalue weighted by atomic mass is 15.2. The van der Waals surface area contributed by atoms with Crippen LogP contribution in [0.4, 0.5) is 0 Å². The standard InChI is InChI=1S/C13H24N4/c1-16(9-12-8-15-17(2)10-12)11-13-6-4-3-5-7-14-13/h8,10,13-14H,3-7,9,11H2,1-2H3. The Morgan fingerprint density at radius 3 is 3.12 bits per heavy atom. The first-order chi connectivity index (χ1) is 8.24. The van der Waals surface area contributed by atoms with E-state index in [1.807, 2.05) is 17.9 Å². The van der Waals surface area contributed by atoms with Gasteiger partial charge in [0.1, 0.15) is 0 Å². The molecule has 0 saturated carbocycles. The summed E-state index contributed by atoms with van der Waals surface area (Å²) >= 11 is 0. The predicted molar refractivity (Wildman–Crippen MR) is 69.8 cm³/mol. The van der Waals surface area contributed by atoms with Gasteiger partial charge in [0.15, 0.2) is 0 Å². The Morgan fingerprint density at radius 1 is 1.47 bits per heavy atom. The van der Waals surface area contributed by atoms with Crippen LogP contribution in [0.15, 0.2) is 12.4 Å². The van der Waals surface area contributed by atoms with Gasteiger partial charge in [-0.25, -0.2) is 0 Å². The lowest BCUT2D eigenvalue weighted by Crippen LogP contribution is -2.38. The lowest BCUT2D eigenvalue weighted by atomic mass is 10.1. The zero-order valence-corrected chi connectivity index (χ0v) is 11.0. The van der Waals surface area contributed by atoms with Gasteiger partial charge in [-0.3, -0.25) is 4.68 Å². The minimum Gasteiger partial charge on any atom is -0.313 e. The van der Waals surface area contributed by atoms with E-state index in [1.54, 1.807) is 0 Å². The van der Waals surface area contributed by atoms with E-state index in [1.165, 1.54) is 37.8 Å². The summed E-state index contributed by atoms with van der Waals surface area (Å²) in [5.74, 6) is 0. The van der Waals surface area contributed by atoms with Gasteiger partial charge in [-0.1, -0.05) is 12.8 Å². The molecule has 1 aliphatic rings. The highest BCUT2D eigenvalue weighted by Gasteiger charge is 2.13. The number of hydrogen-bond donors (Lipinski definition) is 1. The molecule has 4 nitrogen and oxygen atoms in total. The molecule has 0 aliphatic carbocycles. The van der Waals surface area contributed by atoms with Gasteiger partial charge in [-0.15, -0.1) is 0 Å². The van der Waals surface area contributed by atoms with Crippen LogP contribution in [0, 0.1) is 0 Å². The second-order valence-corrected chi connectivity index (χ2v) is 5.22. The Morgan fingerprint density at radius 2 is 2.35 bits per heavy atom. The molecule has 1 aromatic rings. The molecule has 2 heterocycles. The van der Waals surface area contributed by atoms with Crippen LogP contribution in [-0.2, 0) is 13.6 Å². The van der Waals surface area contributed by atoms with E-state index >= 15 is 0 Å². The van der Waals surface area contributed by atoms with Gasteiger partial charge >= 0.3 is 0 Å². The molecule has 1 aliphatic heterocycles.